The van der Waals surface area contributed by atoms with Crippen LogP contribution in [0.5, 0.6) is 5.75 Å². The Morgan fingerprint density at radius 2 is 1.79 bits per heavy atom. The highest BCUT2D eigenvalue weighted by atomic mass is 32.2. The van der Waals surface area contributed by atoms with Crippen LogP contribution in [-0.2, 0) is 4.79 Å². The first-order chi connectivity index (χ1) is 14.0. The normalized spacial score (nSPS) is 16.3. The number of nitro benzene ring substituents is 1. The largest absolute Gasteiger partial charge is 0.508 e. The molecule has 1 aliphatic heterocycles. The molecule has 2 aromatic carbocycles. The van der Waals surface area contributed by atoms with E-state index >= 15 is 0 Å². The minimum absolute atomic E-state index is 0.00196. The molecule has 0 unspecified atom stereocenters. The number of non-ortho nitro benzene ring substituents is 1. The molecule has 1 fully saturated rings. The van der Waals surface area contributed by atoms with E-state index in [1.54, 1.807) is 42.5 Å². The highest BCUT2D eigenvalue weighted by Crippen LogP contribution is 2.30. The van der Waals surface area contributed by atoms with E-state index in [9.17, 15) is 20.0 Å². The van der Waals surface area contributed by atoms with Crippen molar-refractivity contribution in [3.8, 4) is 17.1 Å². The van der Waals surface area contributed by atoms with Gasteiger partial charge in [0.05, 0.1) is 15.5 Å². The number of aromatic hydroxyl groups is 1. The lowest BCUT2D eigenvalue weighted by Crippen LogP contribution is -2.19. The molecule has 1 aliphatic rings. The van der Waals surface area contributed by atoms with E-state index in [4.69, 9.17) is 4.42 Å². The summed E-state index contributed by atoms with van der Waals surface area (Å²) >= 11 is 1.18. The van der Waals surface area contributed by atoms with Gasteiger partial charge < -0.3 is 14.8 Å². The number of phenolic OH excluding ortho intramolecular Hbond substituents is 1. The van der Waals surface area contributed by atoms with E-state index in [1.165, 1.54) is 36.0 Å². The van der Waals surface area contributed by atoms with Gasteiger partial charge in [0.1, 0.15) is 17.3 Å². The second-order valence-corrected chi connectivity index (χ2v) is 7.03. The molecule has 2 N–H and O–H groups in total. The van der Waals surface area contributed by atoms with Gasteiger partial charge in [-0.2, -0.15) is 0 Å². The first kappa shape index (κ1) is 18.5. The number of amides is 1. The predicted molar refractivity (Wildman–Crippen MR) is 110 cm³/mol. The number of aliphatic imine (C=N–C) groups is 1. The molecule has 1 amide bonds. The van der Waals surface area contributed by atoms with Crippen LogP contribution in [0.2, 0.25) is 0 Å². The van der Waals surface area contributed by atoms with Crippen LogP contribution < -0.4 is 5.32 Å². The average Bonchev–Trinajstić information content (AvgIpc) is 3.31. The SMILES string of the molecule is O=C1NC(=Nc2ccc(O)cc2)S/C1=C/c1ccc(-c2ccc([N+](=O)[O-])cc2)o1. The van der Waals surface area contributed by atoms with Crippen molar-refractivity contribution >= 4 is 40.3 Å². The summed E-state index contributed by atoms with van der Waals surface area (Å²) < 4.78 is 5.74. The molecule has 8 nitrogen and oxygen atoms in total. The Morgan fingerprint density at radius 3 is 2.48 bits per heavy atom. The van der Waals surface area contributed by atoms with Crippen LogP contribution >= 0.6 is 11.8 Å². The van der Waals surface area contributed by atoms with Crippen LogP contribution in [0.25, 0.3) is 17.4 Å². The maximum absolute atomic E-state index is 12.2. The molecule has 1 saturated heterocycles. The molecule has 0 spiro atoms. The van der Waals surface area contributed by atoms with Crippen LogP contribution in [0.1, 0.15) is 5.76 Å². The van der Waals surface area contributed by atoms with Gasteiger partial charge in [0.15, 0.2) is 5.17 Å². The Labute approximate surface area is 168 Å². The van der Waals surface area contributed by atoms with E-state index in [0.29, 0.717) is 32.8 Å². The van der Waals surface area contributed by atoms with Crippen LogP contribution in [0.4, 0.5) is 11.4 Å². The van der Waals surface area contributed by atoms with Crippen molar-refractivity contribution in [2.24, 2.45) is 4.99 Å². The molecule has 9 heteroatoms. The molecule has 3 aromatic rings. The summed E-state index contributed by atoms with van der Waals surface area (Å²) in [5, 5.41) is 23.2. The maximum Gasteiger partial charge on any atom is 0.269 e. The molecule has 0 aliphatic carbocycles. The lowest BCUT2D eigenvalue weighted by atomic mass is 10.1. The fraction of sp³-hybridized carbons (Fsp3) is 0. The minimum atomic E-state index is -0.463. The van der Waals surface area contributed by atoms with Crippen molar-refractivity contribution in [2.75, 3.05) is 0 Å². The number of hydrogen-bond donors (Lipinski definition) is 2. The summed E-state index contributed by atoms with van der Waals surface area (Å²) in [4.78, 5) is 27.2. The minimum Gasteiger partial charge on any atom is -0.508 e. The van der Waals surface area contributed by atoms with Gasteiger partial charge in [-0.15, -0.1) is 0 Å². The van der Waals surface area contributed by atoms with E-state index in [0.717, 1.165) is 0 Å². The third-order valence-corrected chi connectivity index (χ3v) is 4.90. The summed E-state index contributed by atoms with van der Waals surface area (Å²) in [7, 11) is 0. The summed E-state index contributed by atoms with van der Waals surface area (Å²) in [5.74, 6) is 0.857. The highest BCUT2D eigenvalue weighted by Gasteiger charge is 2.24. The monoisotopic (exact) mass is 407 g/mol. The number of benzene rings is 2. The first-order valence-corrected chi connectivity index (χ1v) is 9.23. The fourth-order valence-corrected chi connectivity index (χ4v) is 3.41. The molecular weight excluding hydrogens is 394 g/mol. The van der Waals surface area contributed by atoms with Crippen molar-refractivity contribution < 1.29 is 19.2 Å². The van der Waals surface area contributed by atoms with Gasteiger partial charge in [0.25, 0.3) is 11.6 Å². The third-order valence-electron chi connectivity index (χ3n) is 3.99. The topological polar surface area (TPSA) is 118 Å². The van der Waals surface area contributed by atoms with Crippen LogP contribution in [0.15, 0.2) is 75.0 Å². The number of phenols is 1. The van der Waals surface area contributed by atoms with Gasteiger partial charge in [0.2, 0.25) is 0 Å². The molecule has 29 heavy (non-hydrogen) atoms. The zero-order chi connectivity index (χ0) is 20.4. The van der Waals surface area contributed by atoms with Gasteiger partial charge in [-0.1, -0.05) is 0 Å². The van der Waals surface area contributed by atoms with E-state index in [2.05, 4.69) is 10.3 Å². The van der Waals surface area contributed by atoms with E-state index < -0.39 is 4.92 Å². The Hall–Kier alpha value is -3.85. The average molecular weight is 407 g/mol. The number of carbonyl (C=O) groups excluding carboxylic acids is 1. The number of furan rings is 1. The van der Waals surface area contributed by atoms with Gasteiger partial charge in [-0.05, 0) is 60.3 Å². The second-order valence-electron chi connectivity index (χ2n) is 6.00. The molecule has 0 saturated carbocycles. The number of nitrogens with one attached hydrogen (secondary N) is 1. The summed E-state index contributed by atoms with van der Waals surface area (Å²) in [5.41, 5.74) is 1.30. The number of amidine groups is 1. The fourth-order valence-electron chi connectivity index (χ4n) is 2.59. The zero-order valence-corrected chi connectivity index (χ0v) is 15.6. The number of nitrogens with zero attached hydrogens (tertiary/aromatic N) is 2. The Bertz CT molecular complexity index is 1150. The molecule has 144 valence electrons. The van der Waals surface area contributed by atoms with Crippen molar-refractivity contribution in [1.82, 2.24) is 5.32 Å². The van der Waals surface area contributed by atoms with Crippen molar-refractivity contribution in [3.63, 3.8) is 0 Å². The van der Waals surface area contributed by atoms with Gasteiger partial charge in [0, 0.05) is 23.8 Å². The highest BCUT2D eigenvalue weighted by molar-refractivity contribution is 8.18. The van der Waals surface area contributed by atoms with Crippen molar-refractivity contribution in [1.29, 1.82) is 0 Å². The second kappa shape index (κ2) is 7.64. The van der Waals surface area contributed by atoms with Gasteiger partial charge >= 0.3 is 0 Å². The van der Waals surface area contributed by atoms with Gasteiger partial charge in [-0.3, -0.25) is 14.9 Å². The lowest BCUT2D eigenvalue weighted by Gasteiger charge is -1.97. The number of thioether (sulfide) groups is 1. The van der Waals surface area contributed by atoms with Crippen LogP contribution in [0.3, 0.4) is 0 Å². The molecule has 2 heterocycles. The molecule has 0 radical (unpaired) electrons. The maximum atomic E-state index is 12.2. The molecule has 1 aromatic heterocycles. The summed E-state index contributed by atoms with van der Waals surface area (Å²) in [6.45, 7) is 0. The third kappa shape index (κ3) is 4.19. The van der Waals surface area contributed by atoms with E-state index in [1.807, 2.05) is 0 Å². The van der Waals surface area contributed by atoms with Crippen LogP contribution in [0, 0.1) is 10.1 Å². The summed E-state index contributed by atoms with van der Waals surface area (Å²) in [6, 6.07) is 15.8. The number of carbonyl (C=O) groups is 1. The number of hydrogen-bond acceptors (Lipinski definition) is 7. The standard InChI is InChI=1S/C20H13N3O5S/c24-15-7-3-13(4-8-15)21-20-22-19(25)18(29-20)11-16-9-10-17(28-16)12-1-5-14(6-2-12)23(26)27/h1-11,24H,(H,21,22,25)/b18-11+. The number of nitro groups is 1. The zero-order valence-electron chi connectivity index (χ0n) is 14.7. The molecule has 4 rings (SSSR count). The Balaban J connectivity index is 1.52. The molecule has 0 bridgehead atoms. The molecule has 0 atom stereocenters. The van der Waals surface area contributed by atoms with Crippen molar-refractivity contribution in [3.05, 3.63) is 81.4 Å². The van der Waals surface area contributed by atoms with Crippen LogP contribution in [-0.4, -0.2) is 21.1 Å². The van der Waals surface area contributed by atoms with Gasteiger partial charge in [-0.25, -0.2) is 4.99 Å². The molecular formula is C20H13N3O5S. The predicted octanol–water partition coefficient (Wildman–Crippen LogP) is 4.45. The number of rotatable bonds is 4. The van der Waals surface area contributed by atoms with E-state index in [-0.39, 0.29) is 17.3 Å². The quantitative estimate of drug-likeness (QED) is 0.375. The summed E-state index contributed by atoms with van der Waals surface area (Å²) in [6.07, 6.45) is 1.61. The Kier molecular flexibility index (Phi) is 4.88. The van der Waals surface area contributed by atoms with Crippen molar-refractivity contribution in [2.45, 2.75) is 0 Å². The lowest BCUT2D eigenvalue weighted by molar-refractivity contribution is -0.384. The smallest absolute Gasteiger partial charge is 0.269 e. The Morgan fingerprint density at radius 1 is 1.07 bits per heavy atom. The first-order valence-electron chi connectivity index (χ1n) is 8.41.